The Kier molecular flexibility index (Phi) is 3.41. The van der Waals surface area contributed by atoms with Crippen molar-refractivity contribution in [2.24, 2.45) is 7.05 Å². The molecule has 1 N–H and O–H groups in total. The van der Waals surface area contributed by atoms with Gasteiger partial charge < -0.3 is 9.88 Å². The Bertz CT molecular complexity index is 304. The van der Waals surface area contributed by atoms with E-state index in [0.29, 0.717) is 12.0 Å². The summed E-state index contributed by atoms with van der Waals surface area (Å²) in [7, 11) is 2.10. The first-order valence-corrected chi connectivity index (χ1v) is 6.03. The predicted octanol–water partition coefficient (Wildman–Crippen LogP) is 2.06. The van der Waals surface area contributed by atoms with E-state index in [9.17, 15) is 0 Å². The molecule has 3 heteroatoms. The fraction of sp³-hybridized carbons (Fsp3) is 0.750. The molecule has 0 bridgehead atoms. The lowest BCUT2D eigenvalue weighted by Gasteiger charge is -2.31. The van der Waals surface area contributed by atoms with E-state index in [1.165, 1.54) is 31.5 Å². The van der Waals surface area contributed by atoms with Gasteiger partial charge in [0.1, 0.15) is 5.82 Å². The van der Waals surface area contributed by atoms with Crippen LogP contribution in [0.5, 0.6) is 0 Å². The van der Waals surface area contributed by atoms with Crippen LogP contribution in [0.3, 0.4) is 0 Å². The van der Waals surface area contributed by atoms with Crippen molar-refractivity contribution in [1.29, 1.82) is 0 Å². The van der Waals surface area contributed by atoms with E-state index in [4.69, 9.17) is 0 Å². The standard InChI is InChI=1S/C12H21N3/c1-3-13-11-7-5-4-6-10(11)12-14-8-9-15(12)2/h8-11,13H,3-7H2,1-2H3. The predicted molar refractivity (Wildman–Crippen MR) is 61.9 cm³/mol. The van der Waals surface area contributed by atoms with Gasteiger partial charge in [-0.2, -0.15) is 0 Å². The molecule has 0 aliphatic heterocycles. The normalized spacial score (nSPS) is 26.8. The third-order valence-corrected chi connectivity index (χ3v) is 3.42. The van der Waals surface area contributed by atoms with Gasteiger partial charge >= 0.3 is 0 Å². The topological polar surface area (TPSA) is 29.9 Å². The number of nitrogens with one attached hydrogen (secondary N) is 1. The summed E-state index contributed by atoms with van der Waals surface area (Å²) in [4.78, 5) is 4.49. The van der Waals surface area contributed by atoms with Gasteiger partial charge in [-0.05, 0) is 19.4 Å². The Hall–Kier alpha value is -0.830. The van der Waals surface area contributed by atoms with Crippen molar-refractivity contribution in [3.63, 3.8) is 0 Å². The molecule has 0 saturated heterocycles. The molecule has 1 saturated carbocycles. The van der Waals surface area contributed by atoms with Gasteiger partial charge in [0.15, 0.2) is 0 Å². The fourth-order valence-electron chi connectivity index (χ4n) is 2.68. The van der Waals surface area contributed by atoms with E-state index < -0.39 is 0 Å². The maximum atomic E-state index is 4.49. The molecule has 0 amide bonds. The summed E-state index contributed by atoms with van der Waals surface area (Å²) in [6.07, 6.45) is 9.24. The van der Waals surface area contributed by atoms with Gasteiger partial charge in [0, 0.05) is 31.4 Å². The van der Waals surface area contributed by atoms with E-state index >= 15 is 0 Å². The van der Waals surface area contributed by atoms with Gasteiger partial charge in [-0.3, -0.25) is 0 Å². The molecule has 2 rings (SSSR count). The first-order chi connectivity index (χ1) is 7.33. The van der Waals surface area contributed by atoms with Crippen LogP contribution in [0.15, 0.2) is 12.4 Å². The Morgan fingerprint density at radius 3 is 2.93 bits per heavy atom. The van der Waals surface area contributed by atoms with Gasteiger partial charge in [0.2, 0.25) is 0 Å². The lowest BCUT2D eigenvalue weighted by molar-refractivity contribution is 0.319. The van der Waals surface area contributed by atoms with Crippen LogP contribution in [0.25, 0.3) is 0 Å². The second kappa shape index (κ2) is 4.79. The minimum atomic E-state index is 0.610. The summed E-state index contributed by atoms with van der Waals surface area (Å²) in [5, 5.41) is 3.60. The highest BCUT2D eigenvalue weighted by Crippen LogP contribution is 2.31. The third-order valence-electron chi connectivity index (χ3n) is 3.42. The number of aromatic nitrogens is 2. The van der Waals surface area contributed by atoms with Crippen LogP contribution < -0.4 is 5.32 Å². The van der Waals surface area contributed by atoms with Crippen molar-refractivity contribution in [3.05, 3.63) is 18.2 Å². The monoisotopic (exact) mass is 207 g/mol. The van der Waals surface area contributed by atoms with Gasteiger partial charge in [0.05, 0.1) is 0 Å². The summed E-state index contributed by atoms with van der Waals surface area (Å²) in [5.41, 5.74) is 0. The first-order valence-electron chi connectivity index (χ1n) is 6.03. The lowest BCUT2D eigenvalue weighted by Crippen LogP contribution is -2.38. The summed E-state index contributed by atoms with van der Waals surface area (Å²) in [6, 6.07) is 0.629. The molecule has 0 aromatic carbocycles. The van der Waals surface area contributed by atoms with Crippen LogP contribution in [0.4, 0.5) is 0 Å². The maximum absolute atomic E-state index is 4.49. The van der Waals surface area contributed by atoms with Gasteiger partial charge in [0.25, 0.3) is 0 Å². The van der Waals surface area contributed by atoms with Crippen LogP contribution in [-0.2, 0) is 7.05 Å². The van der Waals surface area contributed by atoms with Crippen molar-refractivity contribution in [1.82, 2.24) is 14.9 Å². The highest BCUT2D eigenvalue weighted by molar-refractivity contribution is 5.05. The Morgan fingerprint density at radius 2 is 2.27 bits per heavy atom. The van der Waals surface area contributed by atoms with E-state index in [1.54, 1.807) is 0 Å². The molecule has 84 valence electrons. The highest BCUT2D eigenvalue weighted by atomic mass is 15.1. The van der Waals surface area contributed by atoms with Crippen molar-refractivity contribution in [2.75, 3.05) is 6.54 Å². The molecule has 0 spiro atoms. The molecule has 15 heavy (non-hydrogen) atoms. The van der Waals surface area contributed by atoms with Crippen LogP contribution in [0, 0.1) is 0 Å². The fourth-order valence-corrected chi connectivity index (χ4v) is 2.68. The zero-order valence-corrected chi connectivity index (χ0v) is 9.74. The summed E-state index contributed by atoms with van der Waals surface area (Å²) in [6.45, 7) is 3.25. The molecule has 2 unspecified atom stereocenters. The zero-order chi connectivity index (χ0) is 10.7. The Morgan fingerprint density at radius 1 is 1.47 bits per heavy atom. The molecule has 1 aliphatic rings. The molecule has 1 aliphatic carbocycles. The average molecular weight is 207 g/mol. The second-order valence-electron chi connectivity index (χ2n) is 4.45. The molecule has 1 fully saturated rings. The quantitative estimate of drug-likeness (QED) is 0.822. The van der Waals surface area contributed by atoms with Crippen LogP contribution in [0.1, 0.15) is 44.3 Å². The molecule has 1 aromatic rings. The smallest absolute Gasteiger partial charge is 0.113 e. The molecule has 1 aromatic heterocycles. The molecule has 3 nitrogen and oxygen atoms in total. The number of rotatable bonds is 3. The highest BCUT2D eigenvalue weighted by Gasteiger charge is 2.28. The van der Waals surface area contributed by atoms with Crippen molar-refractivity contribution < 1.29 is 0 Å². The van der Waals surface area contributed by atoms with E-state index in [0.717, 1.165) is 6.54 Å². The Balaban J connectivity index is 2.14. The summed E-state index contributed by atoms with van der Waals surface area (Å²) < 4.78 is 2.17. The molecular formula is C12H21N3. The van der Waals surface area contributed by atoms with Crippen LogP contribution >= 0.6 is 0 Å². The molecular weight excluding hydrogens is 186 g/mol. The number of hydrogen-bond acceptors (Lipinski definition) is 2. The first kappa shape index (κ1) is 10.7. The third kappa shape index (κ3) is 2.23. The number of nitrogens with zero attached hydrogens (tertiary/aromatic N) is 2. The second-order valence-corrected chi connectivity index (χ2v) is 4.45. The number of imidazole rings is 1. The van der Waals surface area contributed by atoms with E-state index in [-0.39, 0.29) is 0 Å². The van der Waals surface area contributed by atoms with Gasteiger partial charge in [-0.1, -0.05) is 19.8 Å². The minimum Gasteiger partial charge on any atom is -0.338 e. The zero-order valence-electron chi connectivity index (χ0n) is 9.74. The van der Waals surface area contributed by atoms with E-state index in [2.05, 4.69) is 28.8 Å². The van der Waals surface area contributed by atoms with Crippen molar-refractivity contribution in [3.8, 4) is 0 Å². The van der Waals surface area contributed by atoms with Gasteiger partial charge in [-0.25, -0.2) is 4.98 Å². The largest absolute Gasteiger partial charge is 0.338 e. The Labute approximate surface area is 91.9 Å². The summed E-state index contributed by atoms with van der Waals surface area (Å²) >= 11 is 0. The number of aryl methyl sites for hydroxylation is 1. The minimum absolute atomic E-state index is 0.610. The lowest BCUT2D eigenvalue weighted by atomic mass is 9.84. The SMILES string of the molecule is CCNC1CCCCC1c1nccn1C. The maximum Gasteiger partial charge on any atom is 0.113 e. The van der Waals surface area contributed by atoms with Crippen LogP contribution in [0.2, 0.25) is 0 Å². The molecule has 1 heterocycles. The van der Waals surface area contributed by atoms with Crippen LogP contribution in [-0.4, -0.2) is 22.1 Å². The van der Waals surface area contributed by atoms with Crippen molar-refractivity contribution >= 4 is 0 Å². The molecule has 2 atom stereocenters. The van der Waals surface area contributed by atoms with Gasteiger partial charge in [-0.15, -0.1) is 0 Å². The number of likely N-dealkylation sites (N-methyl/N-ethyl adjacent to an activating group) is 1. The van der Waals surface area contributed by atoms with Crippen molar-refractivity contribution in [2.45, 2.75) is 44.6 Å². The van der Waals surface area contributed by atoms with E-state index in [1.807, 2.05) is 12.4 Å². The summed E-state index contributed by atoms with van der Waals surface area (Å²) in [5.74, 6) is 1.86. The number of hydrogen-bond donors (Lipinski definition) is 1. The average Bonchev–Trinajstić information content (AvgIpc) is 2.66. The molecule has 0 radical (unpaired) electrons.